The minimum absolute atomic E-state index is 0.0106. The standard InChI is InChI=1S/C14H14ClNO/c1-10(11-5-7-16-8-6-11)14(17)12-3-2-4-13(15)9-12/h2-10,14,17H,1H3. The predicted molar refractivity (Wildman–Crippen MR) is 69.1 cm³/mol. The normalized spacial score (nSPS) is 14.3. The van der Waals surface area contributed by atoms with Crippen molar-refractivity contribution in [2.45, 2.75) is 18.9 Å². The van der Waals surface area contributed by atoms with E-state index < -0.39 is 6.10 Å². The van der Waals surface area contributed by atoms with Gasteiger partial charge >= 0.3 is 0 Å². The lowest BCUT2D eigenvalue weighted by molar-refractivity contribution is 0.151. The van der Waals surface area contributed by atoms with Gasteiger partial charge in [0.15, 0.2) is 0 Å². The van der Waals surface area contributed by atoms with E-state index in [1.807, 2.05) is 31.2 Å². The van der Waals surface area contributed by atoms with Crippen LogP contribution in [0.4, 0.5) is 0 Å². The molecule has 1 aromatic carbocycles. The molecule has 1 N–H and O–H groups in total. The molecule has 0 saturated heterocycles. The Hall–Kier alpha value is -1.38. The van der Waals surface area contributed by atoms with Crippen LogP contribution in [0.2, 0.25) is 5.02 Å². The number of aromatic nitrogens is 1. The molecule has 2 aromatic rings. The highest BCUT2D eigenvalue weighted by Crippen LogP contribution is 2.30. The summed E-state index contributed by atoms with van der Waals surface area (Å²) in [6.07, 6.45) is 2.91. The number of pyridine rings is 1. The van der Waals surface area contributed by atoms with Gasteiger partial charge in [0.05, 0.1) is 6.10 Å². The molecule has 0 spiro atoms. The summed E-state index contributed by atoms with van der Waals surface area (Å²) in [6, 6.07) is 11.2. The zero-order valence-electron chi connectivity index (χ0n) is 9.55. The highest BCUT2D eigenvalue weighted by Gasteiger charge is 2.18. The van der Waals surface area contributed by atoms with Crippen LogP contribution >= 0.6 is 11.6 Å². The molecule has 1 heterocycles. The third-order valence-corrected chi connectivity index (χ3v) is 3.13. The predicted octanol–water partition coefficient (Wildman–Crippen LogP) is 3.57. The second-order valence-electron chi connectivity index (χ2n) is 4.07. The van der Waals surface area contributed by atoms with Crippen LogP contribution in [0.1, 0.15) is 30.1 Å². The number of hydrogen-bond donors (Lipinski definition) is 1. The van der Waals surface area contributed by atoms with E-state index in [0.717, 1.165) is 11.1 Å². The summed E-state index contributed by atoms with van der Waals surface area (Å²) in [5, 5.41) is 10.9. The Kier molecular flexibility index (Phi) is 3.77. The van der Waals surface area contributed by atoms with Crippen LogP contribution in [0, 0.1) is 0 Å². The van der Waals surface area contributed by atoms with Crippen LogP contribution in [0.3, 0.4) is 0 Å². The van der Waals surface area contributed by atoms with E-state index in [2.05, 4.69) is 4.98 Å². The molecular formula is C14H14ClNO. The number of rotatable bonds is 3. The van der Waals surface area contributed by atoms with Gasteiger partial charge in [-0.3, -0.25) is 4.98 Å². The lowest BCUT2D eigenvalue weighted by Crippen LogP contribution is -2.07. The average molecular weight is 248 g/mol. The lowest BCUT2D eigenvalue weighted by atomic mass is 9.91. The zero-order valence-corrected chi connectivity index (χ0v) is 10.3. The van der Waals surface area contributed by atoms with Gasteiger partial charge in [0.25, 0.3) is 0 Å². The van der Waals surface area contributed by atoms with Gasteiger partial charge in [-0.1, -0.05) is 30.7 Å². The molecule has 0 amide bonds. The summed E-state index contributed by atoms with van der Waals surface area (Å²) < 4.78 is 0. The first kappa shape index (κ1) is 12.1. The minimum Gasteiger partial charge on any atom is -0.388 e. The van der Waals surface area contributed by atoms with Crippen molar-refractivity contribution in [3.05, 3.63) is 64.9 Å². The lowest BCUT2D eigenvalue weighted by Gasteiger charge is -2.19. The summed E-state index contributed by atoms with van der Waals surface area (Å²) in [5.41, 5.74) is 1.90. The molecule has 0 aliphatic carbocycles. The van der Waals surface area contributed by atoms with Gasteiger partial charge in [0.1, 0.15) is 0 Å². The monoisotopic (exact) mass is 247 g/mol. The van der Waals surface area contributed by atoms with E-state index in [4.69, 9.17) is 11.6 Å². The van der Waals surface area contributed by atoms with E-state index in [0.29, 0.717) is 5.02 Å². The van der Waals surface area contributed by atoms with E-state index in [1.165, 1.54) is 0 Å². The maximum absolute atomic E-state index is 10.3. The van der Waals surface area contributed by atoms with Gasteiger partial charge < -0.3 is 5.11 Å². The number of halogens is 1. The second-order valence-corrected chi connectivity index (χ2v) is 4.51. The van der Waals surface area contributed by atoms with Gasteiger partial charge in [-0.15, -0.1) is 0 Å². The summed E-state index contributed by atoms with van der Waals surface area (Å²) in [6.45, 7) is 1.99. The van der Waals surface area contributed by atoms with Crippen molar-refractivity contribution >= 4 is 11.6 Å². The van der Waals surface area contributed by atoms with Crippen LogP contribution in [0.5, 0.6) is 0 Å². The Morgan fingerprint density at radius 2 is 1.82 bits per heavy atom. The Labute approximate surface area is 106 Å². The van der Waals surface area contributed by atoms with Crippen molar-refractivity contribution in [2.75, 3.05) is 0 Å². The minimum atomic E-state index is -0.559. The summed E-state index contributed by atoms with van der Waals surface area (Å²) in [5.74, 6) is 0.0106. The fraction of sp³-hybridized carbons (Fsp3) is 0.214. The smallest absolute Gasteiger partial charge is 0.0856 e. The second kappa shape index (κ2) is 5.30. The fourth-order valence-electron chi connectivity index (χ4n) is 1.83. The quantitative estimate of drug-likeness (QED) is 0.900. The zero-order chi connectivity index (χ0) is 12.3. The van der Waals surface area contributed by atoms with Crippen LogP contribution in [-0.4, -0.2) is 10.1 Å². The van der Waals surface area contributed by atoms with E-state index >= 15 is 0 Å². The molecule has 0 bridgehead atoms. The van der Waals surface area contributed by atoms with Gasteiger partial charge in [-0.05, 0) is 35.4 Å². The van der Waals surface area contributed by atoms with Crippen molar-refractivity contribution in [1.82, 2.24) is 4.98 Å². The summed E-state index contributed by atoms with van der Waals surface area (Å²) in [7, 11) is 0. The molecular weight excluding hydrogens is 234 g/mol. The van der Waals surface area contributed by atoms with Gasteiger partial charge in [0.2, 0.25) is 0 Å². The Balaban J connectivity index is 2.23. The first-order valence-corrected chi connectivity index (χ1v) is 5.89. The highest BCUT2D eigenvalue weighted by molar-refractivity contribution is 6.30. The third kappa shape index (κ3) is 2.84. The fourth-order valence-corrected chi connectivity index (χ4v) is 2.03. The van der Waals surface area contributed by atoms with Crippen molar-refractivity contribution in [3.63, 3.8) is 0 Å². The van der Waals surface area contributed by atoms with E-state index in [9.17, 15) is 5.11 Å². The van der Waals surface area contributed by atoms with Crippen LogP contribution in [0.15, 0.2) is 48.8 Å². The number of benzene rings is 1. The molecule has 17 heavy (non-hydrogen) atoms. The van der Waals surface area contributed by atoms with E-state index in [1.54, 1.807) is 24.5 Å². The molecule has 0 aliphatic heterocycles. The van der Waals surface area contributed by atoms with Crippen LogP contribution in [-0.2, 0) is 0 Å². The number of nitrogens with zero attached hydrogens (tertiary/aromatic N) is 1. The maximum Gasteiger partial charge on any atom is 0.0856 e. The first-order valence-electron chi connectivity index (χ1n) is 5.52. The maximum atomic E-state index is 10.3. The Morgan fingerprint density at radius 1 is 1.12 bits per heavy atom. The number of aliphatic hydroxyl groups excluding tert-OH is 1. The topological polar surface area (TPSA) is 33.1 Å². The van der Waals surface area contributed by atoms with Crippen molar-refractivity contribution in [2.24, 2.45) is 0 Å². The number of hydrogen-bond acceptors (Lipinski definition) is 2. The molecule has 2 atom stereocenters. The molecule has 1 aromatic heterocycles. The number of aliphatic hydroxyl groups is 1. The molecule has 2 nitrogen and oxygen atoms in total. The van der Waals surface area contributed by atoms with Crippen LogP contribution < -0.4 is 0 Å². The molecule has 0 radical (unpaired) electrons. The van der Waals surface area contributed by atoms with Gasteiger partial charge in [-0.25, -0.2) is 0 Å². The van der Waals surface area contributed by atoms with Crippen molar-refractivity contribution < 1.29 is 5.11 Å². The molecule has 3 heteroatoms. The van der Waals surface area contributed by atoms with Crippen molar-refractivity contribution in [1.29, 1.82) is 0 Å². The van der Waals surface area contributed by atoms with Crippen molar-refractivity contribution in [3.8, 4) is 0 Å². The average Bonchev–Trinajstić information content (AvgIpc) is 2.38. The summed E-state index contributed by atoms with van der Waals surface area (Å²) in [4.78, 5) is 3.97. The molecule has 2 rings (SSSR count). The Morgan fingerprint density at radius 3 is 2.47 bits per heavy atom. The third-order valence-electron chi connectivity index (χ3n) is 2.90. The molecule has 88 valence electrons. The molecule has 2 unspecified atom stereocenters. The summed E-state index contributed by atoms with van der Waals surface area (Å²) >= 11 is 5.92. The highest BCUT2D eigenvalue weighted by atomic mass is 35.5. The first-order chi connectivity index (χ1) is 8.18. The Bertz CT molecular complexity index is 487. The molecule has 0 saturated carbocycles. The van der Waals surface area contributed by atoms with Gasteiger partial charge in [-0.2, -0.15) is 0 Å². The molecule has 0 aliphatic rings. The largest absolute Gasteiger partial charge is 0.388 e. The van der Waals surface area contributed by atoms with Gasteiger partial charge in [0, 0.05) is 23.3 Å². The van der Waals surface area contributed by atoms with E-state index in [-0.39, 0.29) is 5.92 Å². The van der Waals surface area contributed by atoms with Crippen LogP contribution in [0.25, 0.3) is 0 Å². The molecule has 0 fully saturated rings. The SMILES string of the molecule is CC(c1ccncc1)C(O)c1cccc(Cl)c1.